The third-order valence-corrected chi connectivity index (χ3v) is 4.41. The van der Waals surface area contributed by atoms with E-state index in [0.29, 0.717) is 11.3 Å². The maximum Gasteiger partial charge on any atom is 0.237 e. The summed E-state index contributed by atoms with van der Waals surface area (Å²) in [6, 6.07) is 6.85. The van der Waals surface area contributed by atoms with Gasteiger partial charge in [-0.2, -0.15) is 0 Å². The molecule has 2 N–H and O–H groups in total. The minimum absolute atomic E-state index is 0.0916. The van der Waals surface area contributed by atoms with E-state index in [1.165, 1.54) is 18.5 Å². The maximum atomic E-state index is 12.0. The molecule has 0 saturated heterocycles. The van der Waals surface area contributed by atoms with Gasteiger partial charge in [0.25, 0.3) is 0 Å². The molecule has 0 aliphatic heterocycles. The van der Waals surface area contributed by atoms with Crippen LogP contribution in [0.15, 0.2) is 24.3 Å². The Hall–Kier alpha value is -1.18. The Balaban J connectivity index is 3.11. The van der Waals surface area contributed by atoms with Crippen LogP contribution < -0.4 is 10.0 Å². The molecule has 0 bridgehead atoms. The third kappa shape index (κ3) is 3.41. The first-order valence-electron chi connectivity index (χ1n) is 5.24. The third-order valence-electron chi connectivity index (χ3n) is 2.47. The quantitative estimate of drug-likeness (QED) is 0.781. The zero-order chi connectivity index (χ0) is 13.8. The molecule has 1 aromatic carbocycles. The van der Waals surface area contributed by atoms with Crippen molar-refractivity contribution in [1.29, 1.82) is 0 Å². The van der Waals surface area contributed by atoms with Gasteiger partial charge < -0.3 is 10.5 Å². The second-order valence-corrected chi connectivity index (χ2v) is 6.22. The largest absolute Gasteiger partial charge is 0.389 e. The smallest absolute Gasteiger partial charge is 0.237 e. The molecule has 0 unspecified atom stereocenters. The zero-order valence-electron chi connectivity index (χ0n) is 10.3. The molecule has 0 aliphatic carbocycles. The molecule has 7 heteroatoms. The lowest BCUT2D eigenvalue weighted by atomic mass is 10.2. The fourth-order valence-corrected chi connectivity index (χ4v) is 2.71. The Morgan fingerprint density at radius 3 is 2.61 bits per heavy atom. The van der Waals surface area contributed by atoms with Gasteiger partial charge in [-0.3, -0.25) is 4.31 Å². The molecular formula is C11H16N2O3S2. The fourth-order valence-electron chi connectivity index (χ4n) is 1.43. The van der Waals surface area contributed by atoms with Gasteiger partial charge in [0.05, 0.1) is 18.0 Å². The summed E-state index contributed by atoms with van der Waals surface area (Å²) in [5.41, 5.74) is 6.59. The van der Waals surface area contributed by atoms with Crippen LogP contribution in [0.4, 0.5) is 5.69 Å². The van der Waals surface area contributed by atoms with Gasteiger partial charge >= 0.3 is 0 Å². The summed E-state index contributed by atoms with van der Waals surface area (Å²) in [5, 5.41) is 0. The molecule has 0 saturated carbocycles. The van der Waals surface area contributed by atoms with Crippen molar-refractivity contribution in [1.82, 2.24) is 0 Å². The average molecular weight is 288 g/mol. The highest BCUT2D eigenvalue weighted by Crippen LogP contribution is 2.21. The number of benzene rings is 1. The summed E-state index contributed by atoms with van der Waals surface area (Å²) < 4.78 is 30.0. The monoisotopic (exact) mass is 288 g/mol. The molecule has 1 aromatic rings. The number of methoxy groups -OCH3 is 1. The van der Waals surface area contributed by atoms with Crippen LogP contribution in [-0.4, -0.2) is 39.9 Å². The molecule has 0 amide bonds. The standard InChI is InChI=1S/C11H16N2O3S2/c1-13(18(14,15)8-7-16-2)10-6-4-3-5-9(10)11(12)17/h3-6H,7-8H2,1-2H3,(H2,12,17). The maximum absolute atomic E-state index is 12.0. The van der Waals surface area contributed by atoms with Crippen molar-refractivity contribution in [3.63, 3.8) is 0 Å². The van der Waals surface area contributed by atoms with Crippen molar-refractivity contribution >= 4 is 32.9 Å². The van der Waals surface area contributed by atoms with Crippen molar-refractivity contribution in [2.45, 2.75) is 0 Å². The normalized spacial score (nSPS) is 11.2. The SMILES string of the molecule is COCCS(=O)(=O)N(C)c1ccccc1C(N)=S. The minimum atomic E-state index is -3.44. The average Bonchev–Trinajstić information content (AvgIpc) is 2.35. The van der Waals surface area contributed by atoms with Gasteiger partial charge in [0.15, 0.2) is 0 Å². The number of rotatable bonds is 6. The predicted octanol–water partition coefficient (Wildman–Crippen LogP) is 0.733. The van der Waals surface area contributed by atoms with Crippen molar-refractivity contribution in [2.75, 3.05) is 30.8 Å². The van der Waals surface area contributed by atoms with E-state index in [9.17, 15) is 8.42 Å². The molecule has 0 spiro atoms. The van der Waals surface area contributed by atoms with E-state index in [0.717, 1.165) is 0 Å². The van der Waals surface area contributed by atoms with Crippen LogP contribution >= 0.6 is 12.2 Å². The minimum Gasteiger partial charge on any atom is -0.389 e. The van der Waals surface area contributed by atoms with Gasteiger partial charge in [-0.1, -0.05) is 24.4 Å². The van der Waals surface area contributed by atoms with E-state index in [2.05, 4.69) is 0 Å². The van der Waals surface area contributed by atoms with Crippen LogP contribution in [0.2, 0.25) is 0 Å². The number of thiocarbonyl (C=S) groups is 1. The lowest BCUT2D eigenvalue weighted by molar-refractivity contribution is 0.217. The lowest BCUT2D eigenvalue weighted by Gasteiger charge is -2.21. The second-order valence-electron chi connectivity index (χ2n) is 3.66. The molecule has 100 valence electrons. The highest BCUT2D eigenvalue weighted by molar-refractivity contribution is 7.92. The molecule has 0 fully saturated rings. The molecule has 5 nitrogen and oxygen atoms in total. The van der Waals surface area contributed by atoms with Crippen LogP contribution in [-0.2, 0) is 14.8 Å². The highest BCUT2D eigenvalue weighted by Gasteiger charge is 2.20. The van der Waals surface area contributed by atoms with Crippen LogP contribution in [0.25, 0.3) is 0 Å². The topological polar surface area (TPSA) is 72.6 Å². The summed E-state index contributed by atoms with van der Waals surface area (Å²) in [6.07, 6.45) is 0. The molecule has 0 aromatic heterocycles. The predicted molar refractivity (Wildman–Crippen MR) is 76.4 cm³/mol. The summed E-state index contributed by atoms with van der Waals surface area (Å²) in [5.74, 6) is -0.0916. The van der Waals surface area contributed by atoms with Crippen molar-refractivity contribution in [2.24, 2.45) is 5.73 Å². The molecule has 0 heterocycles. The van der Waals surface area contributed by atoms with Crippen molar-refractivity contribution in [3.8, 4) is 0 Å². The fraction of sp³-hybridized carbons (Fsp3) is 0.364. The van der Waals surface area contributed by atoms with E-state index < -0.39 is 10.0 Å². The molecule has 1 rings (SSSR count). The first kappa shape index (κ1) is 14.9. The number of para-hydroxylation sites is 1. The van der Waals surface area contributed by atoms with E-state index in [1.807, 2.05) is 0 Å². The Kier molecular flexibility index (Phi) is 5.06. The van der Waals surface area contributed by atoms with Gasteiger partial charge in [-0.05, 0) is 12.1 Å². The Morgan fingerprint density at radius 2 is 2.06 bits per heavy atom. The Labute approximate surface area is 113 Å². The summed E-state index contributed by atoms with van der Waals surface area (Å²) in [7, 11) is -0.507. The Morgan fingerprint density at radius 1 is 1.44 bits per heavy atom. The van der Waals surface area contributed by atoms with Crippen LogP contribution in [0, 0.1) is 0 Å². The van der Waals surface area contributed by atoms with E-state index >= 15 is 0 Å². The number of hydrogen-bond acceptors (Lipinski definition) is 4. The van der Waals surface area contributed by atoms with E-state index in [1.54, 1.807) is 24.3 Å². The summed E-state index contributed by atoms with van der Waals surface area (Å²) in [4.78, 5) is 0.166. The zero-order valence-corrected chi connectivity index (χ0v) is 11.9. The van der Waals surface area contributed by atoms with Crippen LogP contribution in [0.3, 0.4) is 0 Å². The number of sulfonamides is 1. The number of anilines is 1. The first-order chi connectivity index (χ1) is 8.40. The van der Waals surface area contributed by atoms with Crippen molar-refractivity contribution in [3.05, 3.63) is 29.8 Å². The van der Waals surface area contributed by atoms with Gasteiger partial charge in [0, 0.05) is 19.7 Å². The molecular weight excluding hydrogens is 272 g/mol. The number of nitrogens with zero attached hydrogens (tertiary/aromatic N) is 1. The van der Waals surface area contributed by atoms with Crippen molar-refractivity contribution < 1.29 is 13.2 Å². The van der Waals surface area contributed by atoms with Gasteiger partial charge in [0.2, 0.25) is 10.0 Å². The molecule has 0 atom stereocenters. The van der Waals surface area contributed by atoms with E-state index in [4.69, 9.17) is 22.7 Å². The first-order valence-corrected chi connectivity index (χ1v) is 7.26. The molecule has 18 heavy (non-hydrogen) atoms. The number of nitrogens with two attached hydrogens (primary N) is 1. The summed E-state index contributed by atoms with van der Waals surface area (Å²) in [6.45, 7) is 0.141. The van der Waals surface area contributed by atoms with E-state index in [-0.39, 0.29) is 17.3 Å². The van der Waals surface area contributed by atoms with Gasteiger partial charge in [-0.15, -0.1) is 0 Å². The summed E-state index contributed by atoms with van der Waals surface area (Å²) >= 11 is 4.91. The lowest BCUT2D eigenvalue weighted by Crippen LogP contribution is -2.32. The Bertz CT molecular complexity index is 529. The number of hydrogen-bond donors (Lipinski definition) is 1. The van der Waals surface area contributed by atoms with Crippen LogP contribution in [0.1, 0.15) is 5.56 Å². The van der Waals surface area contributed by atoms with Gasteiger partial charge in [-0.25, -0.2) is 8.42 Å². The number of ether oxygens (including phenoxy) is 1. The highest BCUT2D eigenvalue weighted by atomic mass is 32.2. The van der Waals surface area contributed by atoms with Crippen LogP contribution in [0.5, 0.6) is 0 Å². The van der Waals surface area contributed by atoms with Gasteiger partial charge in [0.1, 0.15) is 4.99 Å². The molecule has 0 radical (unpaired) electrons. The molecule has 0 aliphatic rings. The second kappa shape index (κ2) is 6.12.